The zero-order chi connectivity index (χ0) is 12.7. The van der Waals surface area contributed by atoms with Crippen LogP contribution in [0.1, 0.15) is 6.92 Å². The van der Waals surface area contributed by atoms with Gasteiger partial charge in [0, 0.05) is 25.7 Å². The summed E-state index contributed by atoms with van der Waals surface area (Å²) in [6.07, 6.45) is 0. The zero-order valence-corrected chi connectivity index (χ0v) is 10.5. The molecule has 0 aromatic heterocycles. The van der Waals surface area contributed by atoms with E-state index in [-0.39, 0.29) is 11.8 Å². The Kier molecular flexibility index (Phi) is 2.54. The molecule has 0 fully saturated rings. The molecule has 96 valence electrons. The smallest absolute Gasteiger partial charge is 0.231 e. The van der Waals surface area contributed by atoms with Crippen LogP contribution in [0.25, 0.3) is 0 Å². The molecule has 1 aromatic rings. The van der Waals surface area contributed by atoms with E-state index in [0.29, 0.717) is 25.5 Å². The minimum absolute atomic E-state index is 0.0405. The molecule has 1 amide bonds. The van der Waals surface area contributed by atoms with Crippen molar-refractivity contribution in [1.29, 1.82) is 0 Å². The minimum Gasteiger partial charge on any atom is -0.486 e. The molecule has 0 saturated heterocycles. The highest BCUT2D eigenvalue weighted by molar-refractivity contribution is 5.99. The lowest BCUT2D eigenvalue weighted by Crippen LogP contribution is -2.31. The summed E-state index contributed by atoms with van der Waals surface area (Å²) in [7, 11) is 1.79. The number of rotatable bonds is 0. The van der Waals surface area contributed by atoms with Gasteiger partial charge in [-0.2, -0.15) is 0 Å². The monoisotopic (exact) mass is 248 g/mol. The summed E-state index contributed by atoms with van der Waals surface area (Å²) in [4.78, 5) is 13.8. The average Bonchev–Trinajstić information content (AvgIpc) is 2.50. The molecule has 1 N–H and O–H groups in total. The molecule has 2 aliphatic heterocycles. The van der Waals surface area contributed by atoms with Gasteiger partial charge >= 0.3 is 0 Å². The normalized spacial score (nSPS) is 22.0. The quantitative estimate of drug-likeness (QED) is 0.755. The Bertz CT molecular complexity index is 501. The number of fused-ring (bicyclic) bond motifs is 2. The number of carbonyl (C=O) groups is 1. The van der Waals surface area contributed by atoms with Crippen LogP contribution in [-0.2, 0) is 4.79 Å². The van der Waals surface area contributed by atoms with Crippen LogP contribution in [-0.4, -0.2) is 32.7 Å². The van der Waals surface area contributed by atoms with E-state index in [1.165, 1.54) is 0 Å². The largest absolute Gasteiger partial charge is 0.486 e. The number of carbonyl (C=O) groups excluding carboxylic acids is 1. The van der Waals surface area contributed by atoms with Gasteiger partial charge < -0.3 is 19.7 Å². The minimum atomic E-state index is -0.0405. The van der Waals surface area contributed by atoms with Crippen molar-refractivity contribution >= 4 is 17.3 Å². The predicted molar refractivity (Wildman–Crippen MR) is 68.5 cm³/mol. The van der Waals surface area contributed by atoms with Crippen LogP contribution in [0.3, 0.4) is 0 Å². The van der Waals surface area contributed by atoms with Crippen molar-refractivity contribution in [1.82, 2.24) is 0 Å². The molecule has 0 aliphatic carbocycles. The number of ether oxygens (including phenoxy) is 2. The van der Waals surface area contributed by atoms with E-state index in [0.717, 1.165) is 17.1 Å². The highest BCUT2D eigenvalue weighted by Gasteiger charge is 2.27. The molecule has 3 rings (SSSR count). The summed E-state index contributed by atoms with van der Waals surface area (Å²) in [5.74, 6) is 1.51. The van der Waals surface area contributed by atoms with Crippen LogP contribution in [0.2, 0.25) is 0 Å². The van der Waals surface area contributed by atoms with Crippen LogP contribution < -0.4 is 19.7 Å². The summed E-state index contributed by atoms with van der Waals surface area (Å²) in [6, 6.07) is 3.78. The van der Waals surface area contributed by atoms with Crippen molar-refractivity contribution in [2.75, 3.05) is 37.0 Å². The number of nitrogens with zero attached hydrogens (tertiary/aromatic N) is 1. The van der Waals surface area contributed by atoms with Gasteiger partial charge in [0.25, 0.3) is 0 Å². The Morgan fingerprint density at radius 2 is 1.94 bits per heavy atom. The Labute approximate surface area is 106 Å². The van der Waals surface area contributed by atoms with Gasteiger partial charge in [0.2, 0.25) is 5.91 Å². The molecule has 5 nitrogen and oxygen atoms in total. The maximum absolute atomic E-state index is 12.1. The molecule has 18 heavy (non-hydrogen) atoms. The fourth-order valence-electron chi connectivity index (χ4n) is 2.30. The van der Waals surface area contributed by atoms with Crippen molar-refractivity contribution in [3.8, 4) is 11.5 Å². The van der Waals surface area contributed by atoms with Gasteiger partial charge in [-0.25, -0.2) is 0 Å². The number of benzene rings is 1. The lowest BCUT2D eigenvalue weighted by Gasteiger charge is -2.23. The Hall–Kier alpha value is -1.91. The van der Waals surface area contributed by atoms with Crippen LogP contribution >= 0.6 is 0 Å². The summed E-state index contributed by atoms with van der Waals surface area (Å²) in [5.41, 5.74) is 1.76. The molecule has 0 bridgehead atoms. The van der Waals surface area contributed by atoms with Crippen LogP contribution in [0.15, 0.2) is 12.1 Å². The van der Waals surface area contributed by atoms with Gasteiger partial charge in [-0.15, -0.1) is 0 Å². The summed E-state index contributed by atoms with van der Waals surface area (Å²) >= 11 is 0. The first-order valence-electron chi connectivity index (χ1n) is 6.12. The topological polar surface area (TPSA) is 50.8 Å². The first-order valence-corrected chi connectivity index (χ1v) is 6.12. The van der Waals surface area contributed by atoms with E-state index < -0.39 is 0 Å². The van der Waals surface area contributed by atoms with E-state index in [9.17, 15) is 4.79 Å². The number of hydrogen-bond donors (Lipinski definition) is 1. The first-order chi connectivity index (χ1) is 8.66. The van der Waals surface area contributed by atoms with E-state index in [4.69, 9.17) is 9.47 Å². The van der Waals surface area contributed by atoms with Crippen LogP contribution in [0.5, 0.6) is 11.5 Å². The molecule has 1 atom stereocenters. The van der Waals surface area contributed by atoms with Crippen molar-refractivity contribution in [3.63, 3.8) is 0 Å². The number of amides is 1. The Morgan fingerprint density at radius 3 is 2.67 bits per heavy atom. The first kappa shape index (κ1) is 11.2. The third-order valence-electron chi connectivity index (χ3n) is 3.37. The standard InChI is InChI=1S/C13H16N2O3/c1-8-7-14-9-5-11-12(18-4-3-17-11)6-10(9)15(2)13(8)16/h5-6,8,14H,3-4,7H2,1-2H3. The van der Waals surface area contributed by atoms with Crippen molar-refractivity contribution in [3.05, 3.63) is 12.1 Å². The molecule has 2 aliphatic rings. The molecule has 0 spiro atoms. The van der Waals surface area contributed by atoms with E-state index >= 15 is 0 Å². The highest BCUT2D eigenvalue weighted by Crippen LogP contribution is 2.41. The van der Waals surface area contributed by atoms with E-state index in [1.807, 2.05) is 19.1 Å². The molecule has 1 aromatic carbocycles. The third-order valence-corrected chi connectivity index (χ3v) is 3.37. The zero-order valence-electron chi connectivity index (χ0n) is 10.5. The maximum Gasteiger partial charge on any atom is 0.231 e. The second kappa shape index (κ2) is 4.08. The van der Waals surface area contributed by atoms with Gasteiger partial charge in [0.05, 0.1) is 17.3 Å². The lowest BCUT2D eigenvalue weighted by atomic mass is 10.1. The third kappa shape index (κ3) is 1.66. The van der Waals surface area contributed by atoms with Gasteiger partial charge in [-0.1, -0.05) is 6.92 Å². The summed E-state index contributed by atoms with van der Waals surface area (Å²) in [5, 5.41) is 3.29. The van der Waals surface area contributed by atoms with Crippen LogP contribution in [0.4, 0.5) is 11.4 Å². The molecule has 0 saturated carbocycles. The van der Waals surface area contributed by atoms with Crippen molar-refractivity contribution < 1.29 is 14.3 Å². The summed E-state index contributed by atoms with van der Waals surface area (Å²) < 4.78 is 11.1. The van der Waals surface area contributed by atoms with Gasteiger partial charge in [-0.3, -0.25) is 4.79 Å². The maximum atomic E-state index is 12.1. The molecule has 2 heterocycles. The number of hydrogen-bond acceptors (Lipinski definition) is 4. The Morgan fingerprint density at radius 1 is 1.28 bits per heavy atom. The molecular formula is C13H16N2O3. The second-order valence-corrected chi connectivity index (χ2v) is 4.69. The summed E-state index contributed by atoms with van der Waals surface area (Å²) in [6.45, 7) is 3.67. The molecule has 0 radical (unpaired) electrons. The highest BCUT2D eigenvalue weighted by atomic mass is 16.6. The number of anilines is 2. The average molecular weight is 248 g/mol. The molecule has 5 heteroatoms. The van der Waals surface area contributed by atoms with Crippen LogP contribution in [0, 0.1) is 5.92 Å². The molecular weight excluding hydrogens is 232 g/mol. The second-order valence-electron chi connectivity index (χ2n) is 4.69. The fraction of sp³-hybridized carbons (Fsp3) is 0.462. The molecule has 1 unspecified atom stereocenters. The van der Waals surface area contributed by atoms with Crippen molar-refractivity contribution in [2.45, 2.75) is 6.92 Å². The van der Waals surface area contributed by atoms with E-state index in [2.05, 4.69) is 5.32 Å². The van der Waals surface area contributed by atoms with E-state index in [1.54, 1.807) is 11.9 Å². The van der Waals surface area contributed by atoms with Gasteiger partial charge in [0.1, 0.15) is 13.2 Å². The number of nitrogens with one attached hydrogen (secondary N) is 1. The predicted octanol–water partition coefficient (Wildman–Crippen LogP) is 1.48. The van der Waals surface area contributed by atoms with Gasteiger partial charge in [0.15, 0.2) is 11.5 Å². The SMILES string of the molecule is CC1CNc2cc3c(cc2N(C)C1=O)OCCO3. The lowest BCUT2D eigenvalue weighted by molar-refractivity contribution is -0.121. The Balaban J connectivity index is 2.08. The van der Waals surface area contributed by atoms with Gasteiger partial charge in [-0.05, 0) is 0 Å². The fourth-order valence-corrected chi connectivity index (χ4v) is 2.30. The van der Waals surface area contributed by atoms with Crippen molar-refractivity contribution in [2.24, 2.45) is 5.92 Å².